The van der Waals surface area contributed by atoms with Crippen LogP contribution in [-0.4, -0.2) is 7.11 Å². The third kappa shape index (κ3) is 3.25. The monoisotopic (exact) mass is 345 g/mol. The van der Waals surface area contributed by atoms with E-state index >= 15 is 0 Å². The summed E-state index contributed by atoms with van der Waals surface area (Å²) < 4.78 is 45.1. The Kier molecular flexibility index (Phi) is 4.54. The number of benzene rings is 2. The second-order valence-corrected chi connectivity index (χ2v) is 4.98. The van der Waals surface area contributed by atoms with Gasteiger partial charge in [0.1, 0.15) is 5.75 Å². The Hall–Kier alpha value is -1.69. The molecule has 0 spiro atoms. The van der Waals surface area contributed by atoms with Crippen molar-refractivity contribution in [3.8, 4) is 5.75 Å². The van der Waals surface area contributed by atoms with Crippen LogP contribution in [0.25, 0.3) is 0 Å². The van der Waals surface area contributed by atoms with Gasteiger partial charge in [0.25, 0.3) is 0 Å². The van der Waals surface area contributed by atoms with E-state index < -0.39 is 17.5 Å². The summed E-state index contributed by atoms with van der Waals surface area (Å²) in [7, 11) is 1.53. The number of anilines is 1. The van der Waals surface area contributed by atoms with Crippen molar-refractivity contribution in [2.45, 2.75) is 6.54 Å². The lowest BCUT2D eigenvalue weighted by Crippen LogP contribution is -2.03. The van der Waals surface area contributed by atoms with Gasteiger partial charge < -0.3 is 10.1 Å². The van der Waals surface area contributed by atoms with Gasteiger partial charge in [-0.15, -0.1) is 0 Å². The number of nitrogens with one attached hydrogen (secondary N) is 1. The molecule has 0 radical (unpaired) electrons. The Morgan fingerprint density at radius 1 is 1.10 bits per heavy atom. The first-order valence-corrected chi connectivity index (χ1v) is 6.51. The predicted octanol–water partition coefficient (Wildman–Crippen LogP) is 4.49. The van der Waals surface area contributed by atoms with Gasteiger partial charge in [-0.25, -0.2) is 13.2 Å². The van der Waals surface area contributed by atoms with Crippen LogP contribution in [0.4, 0.5) is 18.9 Å². The lowest BCUT2D eigenvalue weighted by Gasteiger charge is -2.11. The molecule has 106 valence electrons. The van der Waals surface area contributed by atoms with Crippen LogP contribution in [0.5, 0.6) is 5.75 Å². The van der Waals surface area contributed by atoms with E-state index in [-0.39, 0.29) is 12.2 Å². The lowest BCUT2D eigenvalue weighted by atomic mass is 10.2. The van der Waals surface area contributed by atoms with Gasteiger partial charge >= 0.3 is 0 Å². The highest BCUT2D eigenvalue weighted by Gasteiger charge is 2.11. The Morgan fingerprint density at radius 2 is 1.75 bits per heavy atom. The van der Waals surface area contributed by atoms with Crippen LogP contribution < -0.4 is 10.1 Å². The van der Waals surface area contributed by atoms with E-state index in [1.807, 2.05) is 12.1 Å². The number of ether oxygens (including phenoxy) is 1. The quantitative estimate of drug-likeness (QED) is 0.824. The van der Waals surface area contributed by atoms with E-state index in [0.29, 0.717) is 5.75 Å². The van der Waals surface area contributed by atoms with Crippen molar-refractivity contribution >= 4 is 21.6 Å². The fraction of sp³-hybridized carbons (Fsp3) is 0.143. The molecular formula is C14H11BrF3NO. The average molecular weight is 346 g/mol. The maximum absolute atomic E-state index is 13.1. The molecule has 0 aliphatic heterocycles. The van der Waals surface area contributed by atoms with Crippen LogP contribution in [-0.2, 0) is 6.54 Å². The highest BCUT2D eigenvalue weighted by molar-refractivity contribution is 9.10. The van der Waals surface area contributed by atoms with Gasteiger partial charge in [0.2, 0.25) is 0 Å². The SMILES string of the molecule is COc1ccc(Br)cc1CNc1cc(F)c(F)c(F)c1. The first-order valence-electron chi connectivity index (χ1n) is 5.72. The maximum Gasteiger partial charge on any atom is 0.194 e. The Bertz CT molecular complexity index is 611. The third-order valence-electron chi connectivity index (χ3n) is 2.71. The molecule has 2 nitrogen and oxygen atoms in total. The zero-order chi connectivity index (χ0) is 14.7. The molecule has 2 aromatic rings. The molecule has 0 saturated carbocycles. The zero-order valence-electron chi connectivity index (χ0n) is 10.5. The van der Waals surface area contributed by atoms with Gasteiger partial charge in [-0.2, -0.15) is 0 Å². The number of methoxy groups -OCH3 is 1. The second-order valence-electron chi connectivity index (χ2n) is 4.06. The first kappa shape index (κ1) is 14.7. The predicted molar refractivity (Wildman–Crippen MR) is 74.3 cm³/mol. The number of hydrogen-bond donors (Lipinski definition) is 1. The van der Waals surface area contributed by atoms with Crippen molar-refractivity contribution in [1.82, 2.24) is 0 Å². The molecule has 2 aromatic carbocycles. The minimum absolute atomic E-state index is 0.156. The number of halogens is 4. The van der Waals surface area contributed by atoms with Gasteiger partial charge in [-0.05, 0) is 18.2 Å². The van der Waals surface area contributed by atoms with Crippen LogP contribution in [0.2, 0.25) is 0 Å². The molecule has 0 bridgehead atoms. The van der Waals surface area contributed by atoms with Gasteiger partial charge in [-0.3, -0.25) is 0 Å². The smallest absolute Gasteiger partial charge is 0.194 e. The molecule has 6 heteroatoms. The first-order chi connectivity index (χ1) is 9.51. The molecule has 20 heavy (non-hydrogen) atoms. The summed E-state index contributed by atoms with van der Waals surface area (Å²) in [5, 5.41) is 2.82. The van der Waals surface area contributed by atoms with Crippen LogP contribution in [0, 0.1) is 17.5 Å². The fourth-order valence-electron chi connectivity index (χ4n) is 1.74. The molecule has 1 N–H and O–H groups in total. The van der Waals surface area contributed by atoms with E-state index in [2.05, 4.69) is 21.2 Å². The van der Waals surface area contributed by atoms with Gasteiger partial charge in [-0.1, -0.05) is 15.9 Å². The topological polar surface area (TPSA) is 21.3 Å². The van der Waals surface area contributed by atoms with E-state index in [1.165, 1.54) is 7.11 Å². The van der Waals surface area contributed by atoms with Crippen molar-refractivity contribution in [3.63, 3.8) is 0 Å². The molecule has 0 unspecified atom stereocenters. The molecule has 0 aromatic heterocycles. The molecule has 0 atom stereocenters. The molecule has 0 amide bonds. The summed E-state index contributed by atoms with van der Waals surface area (Å²) in [5.41, 5.74) is 0.954. The van der Waals surface area contributed by atoms with Crippen LogP contribution >= 0.6 is 15.9 Å². The minimum atomic E-state index is -1.48. The molecule has 0 saturated heterocycles. The Labute approximate surface area is 122 Å². The van der Waals surface area contributed by atoms with Crippen LogP contribution in [0.15, 0.2) is 34.8 Å². The second kappa shape index (κ2) is 6.17. The highest BCUT2D eigenvalue weighted by atomic mass is 79.9. The van der Waals surface area contributed by atoms with Crippen molar-refractivity contribution in [2.24, 2.45) is 0 Å². The minimum Gasteiger partial charge on any atom is -0.496 e. The summed E-state index contributed by atoms with van der Waals surface area (Å²) in [6.07, 6.45) is 0. The number of hydrogen-bond acceptors (Lipinski definition) is 2. The summed E-state index contributed by atoms with van der Waals surface area (Å²) in [5.74, 6) is -3.29. The van der Waals surface area contributed by atoms with Crippen molar-refractivity contribution in [2.75, 3.05) is 12.4 Å². The van der Waals surface area contributed by atoms with Gasteiger partial charge in [0, 0.05) is 34.4 Å². The van der Waals surface area contributed by atoms with E-state index in [4.69, 9.17) is 4.74 Å². The van der Waals surface area contributed by atoms with Crippen molar-refractivity contribution in [3.05, 3.63) is 57.8 Å². The Balaban J connectivity index is 2.18. The molecule has 0 aliphatic carbocycles. The Morgan fingerprint density at radius 3 is 2.35 bits per heavy atom. The van der Waals surface area contributed by atoms with Gasteiger partial charge in [0.05, 0.1) is 7.11 Å². The summed E-state index contributed by atoms with van der Waals surface area (Å²) >= 11 is 3.33. The average Bonchev–Trinajstić information content (AvgIpc) is 2.42. The largest absolute Gasteiger partial charge is 0.496 e. The third-order valence-corrected chi connectivity index (χ3v) is 3.20. The van der Waals surface area contributed by atoms with E-state index in [9.17, 15) is 13.2 Å². The summed E-state index contributed by atoms with van der Waals surface area (Å²) in [4.78, 5) is 0. The molecule has 0 aliphatic rings. The molecule has 0 fully saturated rings. The molecule has 0 heterocycles. The van der Waals surface area contributed by atoms with Crippen LogP contribution in [0.3, 0.4) is 0 Å². The molecular weight excluding hydrogens is 335 g/mol. The zero-order valence-corrected chi connectivity index (χ0v) is 12.1. The standard InChI is InChI=1S/C14H11BrF3NO/c1-20-13-3-2-9(15)4-8(13)7-19-10-5-11(16)14(18)12(17)6-10/h2-6,19H,7H2,1H3. The highest BCUT2D eigenvalue weighted by Crippen LogP contribution is 2.24. The molecule has 2 rings (SSSR count). The lowest BCUT2D eigenvalue weighted by molar-refractivity contribution is 0.410. The summed E-state index contributed by atoms with van der Waals surface area (Å²) in [6, 6.07) is 7.22. The normalized spacial score (nSPS) is 10.4. The fourth-order valence-corrected chi connectivity index (χ4v) is 2.15. The maximum atomic E-state index is 13.1. The van der Waals surface area contributed by atoms with E-state index in [1.54, 1.807) is 6.07 Å². The van der Waals surface area contributed by atoms with Crippen molar-refractivity contribution in [1.29, 1.82) is 0 Å². The van der Waals surface area contributed by atoms with E-state index in [0.717, 1.165) is 22.2 Å². The van der Waals surface area contributed by atoms with Crippen molar-refractivity contribution < 1.29 is 17.9 Å². The van der Waals surface area contributed by atoms with Gasteiger partial charge in [0.15, 0.2) is 17.5 Å². The number of rotatable bonds is 4. The van der Waals surface area contributed by atoms with Crippen LogP contribution in [0.1, 0.15) is 5.56 Å². The summed E-state index contributed by atoms with van der Waals surface area (Å²) in [6.45, 7) is 0.285.